The van der Waals surface area contributed by atoms with Crippen LogP contribution in [0.25, 0.3) is 22.0 Å². The molecule has 1 aromatic carbocycles. The Morgan fingerprint density at radius 2 is 1.82 bits per heavy atom. The number of fused-ring (bicyclic) bond motifs is 1. The van der Waals surface area contributed by atoms with Gasteiger partial charge >= 0.3 is 0 Å². The van der Waals surface area contributed by atoms with E-state index < -0.39 is 0 Å². The lowest BCUT2D eigenvalue weighted by atomic mass is 10.0. The molecular formula is C21H16ClN5O. The number of aryl methyl sites for hydroxylation is 1. The van der Waals surface area contributed by atoms with Crippen LogP contribution in [0.5, 0.6) is 0 Å². The van der Waals surface area contributed by atoms with Crippen molar-refractivity contribution in [1.82, 2.24) is 25.3 Å². The summed E-state index contributed by atoms with van der Waals surface area (Å²) in [5.74, 6) is -0.275. The molecule has 0 fully saturated rings. The third-order valence-electron chi connectivity index (χ3n) is 4.25. The van der Waals surface area contributed by atoms with Crippen LogP contribution >= 0.6 is 11.6 Å². The van der Waals surface area contributed by atoms with E-state index in [1.54, 1.807) is 30.9 Å². The zero-order valence-corrected chi connectivity index (χ0v) is 15.8. The zero-order valence-electron chi connectivity index (χ0n) is 15.1. The molecule has 0 saturated carbocycles. The molecule has 7 heteroatoms. The molecule has 0 aliphatic carbocycles. The second kappa shape index (κ2) is 7.70. The van der Waals surface area contributed by atoms with Gasteiger partial charge in [-0.05, 0) is 36.8 Å². The van der Waals surface area contributed by atoms with Gasteiger partial charge in [0.05, 0.1) is 29.6 Å². The van der Waals surface area contributed by atoms with E-state index in [9.17, 15) is 4.79 Å². The zero-order chi connectivity index (χ0) is 19.5. The lowest BCUT2D eigenvalue weighted by Gasteiger charge is -2.08. The van der Waals surface area contributed by atoms with Gasteiger partial charge in [0, 0.05) is 34.6 Å². The van der Waals surface area contributed by atoms with E-state index in [0.29, 0.717) is 21.9 Å². The highest BCUT2D eigenvalue weighted by Crippen LogP contribution is 2.27. The third-order valence-corrected chi connectivity index (χ3v) is 4.50. The molecule has 3 heterocycles. The summed E-state index contributed by atoms with van der Waals surface area (Å²) in [6.07, 6.45) is 6.78. The SMILES string of the molecule is Cc1cnc(CNC(=O)c2ccc3cncc(-c4ccc(Cl)cc4)c3n2)cn1. The van der Waals surface area contributed by atoms with Crippen molar-refractivity contribution in [2.24, 2.45) is 0 Å². The average Bonchev–Trinajstić information content (AvgIpc) is 2.73. The van der Waals surface area contributed by atoms with Crippen molar-refractivity contribution in [1.29, 1.82) is 0 Å². The van der Waals surface area contributed by atoms with Crippen LogP contribution in [-0.4, -0.2) is 25.8 Å². The number of benzene rings is 1. The Balaban J connectivity index is 1.62. The fourth-order valence-corrected chi connectivity index (χ4v) is 2.91. The first kappa shape index (κ1) is 18.0. The van der Waals surface area contributed by atoms with Gasteiger partial charge in [-0.3, -0.25) is 19.7 Å². The molecule has 0 saturated heterocycles. The standard InChI is InChI=1S/C21H16ClN5O/c1-13-8-25-17(10-24-13)11-26-21(28)19-7-4-15-9-23-12-18(20(15)27-19)14-2-5-16(22)6-3-14/h2-10,12H,11H2,1H3,(H,26,28). The molecule has 4 aromatic rings. The molecule has 0 atom stereocenters. The van der Waals surface area contributed by atoms with Gasteiger partial charge in [-0.15, -0.1) is 0 Å². The number of aromatic nitrogens is 4. The summed E-state index contributed by atoms with van der Waals surface area (Å²) in [6, 6.07) is 11.0. The Morgan fingerprint density at radius 1 is 1.00 bits per heavy atom. The highest BCUT2D eigenvalue weighted by Gasteiger charge is 2.12. The van der Waals surface area contributed by atoms with Crippen LogP contribution in [0.4, 0.5) is 0 Å². The Labute approximate surface area is 166 Å². The number of carbonyl (C=O) groups excluding carboxylic acids is 1. The minimum atomic E-state index is -0.275. The van der Waals surface area contributed by atoms with Gasteiger partial charge in [-0.1, -0.05) is 23.7 Å². The van der Waals surface area contributed by atoms with Crippen molar-refractivity contribution in [3.8, 4) is 11.1 Å². The number of hydrogen-bond donors (Lipinski definition) is 1. The summed E-state index contributed by atoms with van der Waals surface area (Å²) >= 11 is 5.98. The predicted octanol–water partition coefficient (Wildman–Crippen LogP) is 3.98. The quantitative estimate of drug-likeness (QED) is 0.571. The molecular weight excluding hydrogens is 374 g/mol. The van der Waals surface area contributed by atoms with Crippen LogP contribution in [0.2, 0.25) is 5.02 Å². The van der Waals surface area contributed by atoms with Gasteiger partial charge in [-0.25, -0.2) is 4.98 Å². The minimum Gasteiger partial charge on any atom is -0.345 e. The Morgan fingerprint density at radius 3 is 2.57 bits per heavy atom. The Bertz CT molecular complexity index is 1140. The second-order valence-corrected chi connectivity index (χ2v) is 6.73. The van der Waals surface area contributed by atoms with E-state index in [4.69, 9.17) is 11.6 Å². The molecule has 0 aliphatic heterocycles. The second-order valence-electron chi connectivity index (χ2n) is 6.29. The molecule has 138 valence electrons. The van der Waals surface area contributed by atoms with Crippen molar-refractivity contribution in [2.75, 3.05) is 0 Å². The van der Waals surface area contributed by atoms with Crippen molar-refractivity contribution >= 4 is 28.4 Å². The van der Waals surface area contributed by atoms with Crippen LogP contribution < -0.4 is 5.32 Å². The molecule has 0 unspecified atom stereocenters. The predicted molar refractivity (Wildman–Crippen MR) is 108 cm³/mol. The number of halogens is 1. The highest BCUT2D eigenvalue weighted by atomic mass is 35.5. The maximum atomic E-state index is 12.6. The maximum Gasteiger partial charge on any atom is 0.270 e. The lowest BCUT2D eigenvalue weighted by molar-refractivity contribution is 0.0946. The van der Waals surface area contributed by atoms with E-state index in [0.717, 1.165) is 22.2 Å². The fourth-order valence-electron chi connectivity index (χ4n) is 2.78. The van der Waals surface area contributed by atoms with Crippen molar-refractivity contribution < 1.29 is 4.79 Å². The van der Waals surface area contributed by atoms with E-state index in [-0.39, 0.29) is 12.5 Å². The first-order valence-electron chi connectivity index (χ1n) is 8.66. The van der Waals surface area contributed by atoms with Gasteiger partial charge < -0.3 is 5.32 Å². The molecule has 0 bridgehead atoms. The summed E-state index contributed by atoms with van der Waals surface area (Å²) in [4.78, 5) is 29.8. The smallest absolute Gasteiger partial charge is 0.270 e. The number of carbonyl (C=O) groups is 1. The van der Waals surface area contributed by atoms with Crippen molar-refractivity contribution in [3.05, 3.63) is 83.3 Å². The molecule has 0 aliphatic rings. The lowest BCUT2D eigenvalue weighted by Crippen LogP contribution is -2.24. The molecule has 3 aromatic heterocycles. The normalized spacial score (nSPS) is 10.8. The summed E-state index contributed by atoms with van der Waals surface area (Å²) < 4.78 is 0. The summed E-state index contributed by atoms with van der Waals surface area (Å²) in [6.45, 7) is 2.15. The number of hydrogen-bond acceptors (Lipinski definition) is 5. The molecule has 1 N–H and O–H groups in total. The number of pyridine rings is 2. The molecule has 6 nitrogen and oxygen atoms in total. The maximum absolute atomic E-state index is 12.6. The molecule has 0 radical (unpaired) electrons. The largest absolute Gasteiger partial charge is 0.345 e. The van der Waals surface area contributed by atoms with Gasteiger partial charge in [0.25, 0.3) is 5.91 Å². The molecule has 0 spiro atoms. The highest BCUT2D eigenvalue weighted by molar-refractivity contribution is 6.30. The minimum absolute atomic E-state index is 0.275. The summed E-state index contributed by atoms with van der Waals surface area (Å²) in [5, 5.41) is 4.34. The van der Waals surface area contributed by atoms with Gasteiger partial charge in [0.2, 0.25) is 0 Å². The number of nitrogens with one attached hydrogen (secondary N) is 1. The van der Waals surface area contributed by atoms with Crippen LogP contribution in [0, 0.1) is 6.92 Å². The first-order valence-corrected chi connectivity index (χ1v) is 9.04. The number of rotatable bonds is 4. The van der Waals surface area contributed by atoms with E-state index in [1.807, 2.05) is 37.3 Å². The third kappa shape index (κ3) is 3.82. The van der Waals surface area contributed by atoms with E-state index >= 15 is 0 Å². The van der Waals surface area contributed by atoms with Gasteiger partial charge in [0.1, 0.15) is 5.69 Å². The number of amides is 1. The Hall–Kier alpha value is -3.38. The molecule has 28 heavy (non-hydrogen) atoms. The van der Waals surface area contributed by atoms with Crippen LogP contribution in [0.15, 0.2) is 61.2 Å². The topological polar surface area (TPSA) is 80.7 Å². The molecule has 4 rings (SSSR count). The van der Waals surface area contributed by atoms with Crippen LogP contribution in [0.1, 0.15) is 21.9 Å². The summed E-state index contributed by atoms with van der Waals surface area (Å²) in [7, 11) is 0. The number of nitrogens with zero attached hydrogens (tertiary/aromatic N) is 4. The van der Waals surface area contributed by atoms with Crippen molar-refractivity contribution in [2.45, 2.75) is 13.5 Å². The van der Waals surface area contributed by atoms with Crippen LogP contribution in [0.3, 0.4) is 0 Å². The molecule has 1 amide bonds. The summed E-state index contributed by atoms with van der Waals surface area (Å²) in [5.41, 5.74) is 4.32. The first-order chi connectivity index (χ1) is 13.6. The monoisotopic (exact) mass is 389 g/mol. The fraction of sp³-hybridized carbons (Fsp3) is 0.0952. The van der Waals surface area contributed by atoms with Gasteiger partial charge in [0.15, 0.2) is 0 Å². The van der Waals surface area contributed by atoms with E-state index in [1.165, 1.54) is 0 Å². The van der Waals surface area contributed by atoms with Crippen molar-refractivity contribution in [3.63, 3.8) is 0 Å². The average molecular weight is 390 g/mol. The van der Waals surface area contributed by atoms with Crippen LogP contribution in [-0.2, 0) is 6.54 Å². The van der Waals surface area contributed by atoms with Gasteiger partial charge in [-0.2, -0.15) is 0 Å². The Kier molecular flexibility index (Phi) is 4.95. The van der Waals surface area contributed by atoms with E-state index in [2.05, 4.69) is 25.3 Å².